The maximum atomic E-state index is 15.0. The number of carbonyl (C=O) groups is 1. The number of benzene rings is 2. The van der Waals surface area contributed by atoms with Crippen LogP contribution < -0.4 is 10.0 Å². The molecule has 3 heterocycles. The minimum absolute atomic E-state index is 0.0596. The molecule has 2 fully saturated rings. The molecule has 0 aliphatic carbocycles. The van der Waals surface area contributed by atoms with E-state index in [0.29, 0.717) is 12.1 Å². The molecule has 2 bridgehead atoms. The Morgan fingerprint density at radius 3 is 2.07 bits per heavy atom. The number of aliphatic carboxylic acids is 1. The Morgan fingerprint density at radius 1 is 1.05 bits per heavy atom. The molecule has 0 spiro atoms. The molecule has 1 unspecified atom stereocenters. The van der Waals surface area contributed by atoms with Crippen LogP contribution in [0.2, 0.25) is 0 Å². The number of halogens is 7. The molecule has 17 heteroatoms. The van der Waals surface area contributed by atoms with E-state index in [1.165, 1.54) is 10.9 Å². The molecule has 2 aromatic carbocycles. The fourth-order valence-corrected chi connectivity index (χ4v) is 7.21. The third-order valence-electron chi connectivity index (χ3n) is 7.27. The van der Waals surface area contributed by atoms with Crippen LogP contribution >= 0.6 is 11.3 Å². The number of nitrogens with zero attached hydrogens (tertiary/aromatic N) is 2. The second-order valence-corrected chi connectivity index (χ2v) is 12.2. The van der Waals surface area contributed by atoms with Crippen molar-refractivity contribution >= 4 is 38.8 Å². The van der Waals surface area contributed by atoms with E-state index >= 15 is 0 Å². The summed E-state index contributed by atoms with van der Waals surface area (Å²) in [7, 11) is -4.57. The quantitative estimate of drug-likeness (QED) is 0.240. The van der Waals surface area contributed by atoms with Crippen LogP contribution in [0, 0.1) is 23.3 Å². The van der Waals surface area contributed by atoms with Gasteiger partial charge >= 0.3 is 12.1 Å². The molecule has 0 saturated carbocycles. The second-order valence-electron chi connectivity index (χ2n) is 9.91. The lowest BCUT2D eigenvalue weighted by molar-refractivity contribution is -0.192. The van der Waals surface area contributed by atoms with E-state index in [0.717, 1.165) is 61.3 Å². The van der Waals surface area contributed by atoms with E-state index in [2.05, 4.69) is 15.2 Å². The minimum atomic E-state index is -5.08. The maximum Gasteiger partial charge on any atom is 0.490 e. The first-order chi connectivity index (χ1) is 20.1. The van der Waals surface area contributed by atoms with Crippen molar-refractivity contribution in [2.75, 3.05) is 10.0 Å². The van der Waals surface area contributed by atoms with Crippen LogP contribution in [0.1, 0.15) is 49.8 Å². The zero-order chi connectivity index (χ0) is 31.7. The Balaban J connectivity index is 0.000000541. The van der Waals surface area contributed by atoms with E-state index in [-0.39, 0.29) is 35.2 Å². The monoisotopic (exact) mass is 654 g/mol. The molecule has 8 nitrogen and oxygen atoms in total. The van der Waals surface area contributed by atoms with Crippen LogP contribution in [-0.2, 0) is 21.4 Å². The van der Waals surface area contributed by atoms with Gasteiger partial charge < -0.3 is 10.4 Å². The van der Waals surface area contributed by atoms with Crippen molar-refractivity contribution in [3.8, 4) is 0 Å². The highest BCUT2D eigenvalue weighted by Crippen LogP contribution is 2.44. The molecule has 5 rings (SSSR count). The Kier molecular flexibility index (Phi) is 9.56. The van der Waals surface area contributed by atoms with Crippen molar-refractivity contribution in [1.29, 1.82) is 0 Å². The molecule has 234 valence electrons. The average molecular weight is 655 g/mol. The Hall–Kier alpha value is -3.44. The summed E-state index contributed by atoms with van der Waals surface area (Å²) >= 11 is 1.11. The summed E-state index contributed by atoms with van der Waals surface area (Å²) in [5, 5.41) is 11.2. The second kappa shape index (κ2) is 12.7. The topological polar surface area (TPSA) is 112 Å². The van der Waals surface area contributed by atoms with Gasteiger partial charge in [0.1, 0.15) is 23.3 Å². The number of carboxylic acids is 1. The van der Waals surface area contributed by atoms with Gasteiger partial charge in [0.25, 0.3) is 10.0 Å². The number of nitrogens with one attached hydrogen (secondary N) is 2. The fourth-order valence-electron chi connectivity index (χ4n) is 5.54. The van der Waals surface area contributed by atoms with Crippen molar-refractivity contribution in [2.24, 2.45) is 0 Å². The molecule has 0 radical (unpaired) electrons. The lowest BCUT2D eigenvalue weighted by atomic mass is 9.98. The summed E-state index contributed by atoms with van der Waals surface area (Å²) in [6.07, 6.45) is -0.954. The highest BCUT2D eigenvalue weighted by Gasteiger charge is 2.43. The molecule has 2 aliphatic heterocycles. The van der Waals surface area contributed by atoms with Crippen LogP contribution in [-0.4, -0.2) is 47.6 Å². The van der Waals surface area contributed by atoms with E-state index in [4.69, 9.17) is 9.90 Å². The zero-order valence-corrected chi connectivity index (χ0v) is 23.9. The lowest BCUT2D eigenvalue weighted by Crippen LogP contribution is -2.33. The number of anilines is 2. The number of hydrogen-bond donors (Lipinski definition) is 3. The highest BCUT2D eigenvalue weighted by molar-refractivity contribution is 7.92. The zero-order valence-electron chi connectivity index (χ0n) is 22.3. The van der Waals surface area contributed by atoms with E-state index in [1.807, 2.05) is 11.6 Å². The van der Waals surface area contributed by atoms with E-state index in [1.54, 1.807) is 0 Å². The van der Waals surface area contributed by atoms with Gasteiger partial charge in [-0.25, -0.2) is 35.8 Å². The van der Waals surface area contributed by atoms with Crippen molar-refractivity contribution in [1.82, 2.24) is 9.88 Å². The Bertz CT molecular complexity index is 1540. The summed E-state index contributed by atoms with van der Waals surface area (Å²) in [6.45, 7) is 1.61. The van der Waals surface area contributed by atoms with Gasteiger partial charge in [0, 0.05) is 46.9 Å². The molecule has 1 aromatic heterocycles. The average Bonchev–Trinajstić information content (AvgIpc) is 3.66. The number of fused-ring (bicyclic) bond motifs is 2. The predicted octanol–water partition coefficient (Wildman–Crippen LogP) is 6.43. The standard InChI is InChI=1S/C24H24F4N4O2S2.C2HF3O2/c1-13(32-15-2-3-16(32)5-4-15)23-17(18(25)6-7-19(23)26)10-29-14-8-20(27)24(21(28)9-14)36(33,34)31-22-11-35-12-30-22;3-2(4,5)1(6)7/h6-9,11-13,15-16,29,31H,2-5,10H2,1H3;(H,6,7). The molecule has 1 atom stereocenters. The first-order valence-electron chi connectivity index (χ1n) is 12.8. The molecular weight excluding hydrogens is 629 g/mol. The lowest BCUT2D eigenvalue weighted by Gasteiger charge is -2.31. The predicted molar refractivity (Wildman–Crippen MR) is 143 cm³/mol. The van der Waals surface area contributed by atoms with Gasteiger partial charge in [-0.05, 0) is 56.9 Å². The third-order valence-corrected chi connectivity index (χ3v) is 9.26. The van der Waals surface area contributed by atoms with Crippen molar-refractivity contribution in [2.45, 2.75) is 68.3 Å². The van der Waals surface area contributed by atoms with Gasteiger partial charge in [-0.2, -0.15) is 13.2 Å². The van der Waals surface area contributed by atoms with Crippen LogP contribution in [0.5, 0.6) is 0 Å². The van der Waals surface area contributed by atoms with Gasteiger partial charge in [0.05, 0.1) is 5.51 Å². The molecule has 43 heavy (non-hydrogen) atoms. The SMILES string of the molecule is CC(c1c(F)ccc(F)c1CNc1cc(F)c(S(=O)(=O)Nc2cscn2)c(F)c1)N1C2CCC1CC2.O=C(O)C(F)(F)F. The van der Waals surface area contributed by atoms with E-state index in [9.17, 15) is 39.2 Å². The number of hydrogen-bond acceptors (Lipinski definition) is 7. The molecule has 2 saturated heterocycles. The number of carboxylic acid groups (broad SMARTS) is 1. The Morgan fingerprint density at radius 2 is 1.58 bits per heavy atom. The molecule has 2 aliphatic rings. The van der Waals surface area contributed by atoms with Crippen LogP contribution in [0.3, 0.4) is 0 Å². The summed E-state index contributed by atoms with van der Waals surface area (Å²) in [5.41, 5.74) is 1.54. The highest BCUT2D eigenvalue weighted by atomic mass is 32.2. The van der Waals surface area contributed by atoms with Gasteiger partial charge in [-0.1, -0.05) is 0 Å². The third kappa shape index (κ3) is 7.21. The largest absolute Gasteiger partial charge is 0.490 e. The van der Waals surface area contributed by atoms with Crippen LogP contribution in [0.25, 0.3) is 0 Å². The Labute approximate surface area is 245 Å². The summed E-state index contributed by atoms with van der Waals surface area (Å²) in [6, 6.07) is 4.04. The van der Waals surface area contributed by atoms with Gasteiger partial charge in [-0.3, -0.25) is 9.62 Å². The normalized spacial score (nSPS) is 19.1. The van der Waals surface area contributed by atoms with Crippen LogP contribution in [0.15, 0.2) is 40.1 Å². The summed E-state index contributed by atoms with van der Waals surface area (Å²) in [4.78, 5) is 13.7. The molecule has 0 amide bonds. The number of thiazole rings is 1. The van der Waals surface area contributed by atoms with Crippen molar-refractivity contribution < 1.29 is 49.1 Å². The van der Waals surface area contributed by atoms with Crippen LogP contribution in [0.4, 0.5) is 42.2 Å². The number of alkyl halides is 3. The first kappa shape index (κ1) is 32.5. The smallest absolute Gasteiger partial charge is 0.475 e. The fraction of sp³-hybridized carbons (Fsp3) is 0.385. The van der Waals surface area contributed by atoms with Gasteiger partial charge in [-0.15, -0.1) is 11.3 Å². The number of aromatic nitrogens is 1. The van der Waals surface area contributed by atoms with Crippen molar-refractivity contribution in [3.63, 3.8) is 0 Å². The maximum absolute atomic E-state index is 15.0. The van der Waals surface area contributed by atoms with Gasteiger partial charge in [0.2, 0.25) is 0 Å². The first-order valence-corrected chi connectivity index (χ1v) is 15.2. The van der Waals surface area contributed by atoms with Crippen molar-refractivity contribution in [3.05, 3.63) is 69.6 Å². The van der Waals surface area contributed by atoms with Gasteiger partial charge in [0.15, 0.2) is 10.7 Å². The summed E-state index contributed by atoms with van der Waals surface area (Å²) < 4.78 is 118. The minimum Gasteiger partial charge on any atom is -0.475 e. The molecule has 3 N–H and O–H groups in total. The summed E-state index contributed by atoms with van der Waals surface area (Å²) in [5.74, 6) is -6.66. The van der Waals surface area contributed by atoms with E-state index < -0.39 is 50.3 Å². The molecule has 3 aromatic rings. The number of rotatable bonds is 8. The number of sulfonamides is 1. The molecular formula is C26H25F7N4O4S2.